The lowest BCUT2D eigenvalue weighted by Crippen LogP contribution is -2.54. The van der Waals surface area contributed by atoms with E-state index >= 15 is 0 Å². The summed E-state index contributed by atoms with van der Waals surface area (Å²) in [7, 11) is 1.41. The highest BCUT2D eigenvalue weighted by Gasteiger charge is 2.37. The maximum atomic E-state index is 13.2. The number of hydrogen-bond donors (Lipinski definition) is 1. The molecule has 0 aliphatic carbocycles. The van der Waals surface area contributed by atoms with E-state index < -0.39 is 17.8 Å². The van der Waals surface area contributed by atoms with Gasteiger partial charge in [-0.3, -0.25) is 14.9 Å². The van der Waals surface area contributed by atoms with Crippen LogP contribution in [-0.4, -0.2) is 25.0 Å². The van der Waals surface area contributed by atoms with Crippen LogP contribution in [0.5, 0.6) is 11.5 Å². The number of ether oxygens (including phenoxy) is 2. The molecule has 184 valence electrons. The number of hydrogen-bond acceptors (Lipinski definition) is 5. The van der Waals surface area contributed by atoms with Crippen LogP contribution in [0.3, 0.4) is 0 Å². The van der Waals surface area contributed by atoms with Crippen molar-refractivity contribution in [1.29, 1.82) is 0 Å². The van der Waals surface area contributed by atoms with Gasteiger partial charge >= 0.3 is 6.03 Å². The maximum absolute atomic E-state index is 13.2. The highest BCUT2D eigenvalue weighted by atomic mass is 35.5. The van der Waals surface area contributed by atoms with Gasteiger partial charge in [-0.2, -0.15) is 0 Å². The lowest BCUT2D eigenvalue weighted by Gasteiger charge is -2.27. The number of aryl methyl sites for hydroxylation is 1. The van der Waals surface area contributed by atoms with E-state index in [0.29, 0.717) is 21.7 Å². The molecule has 1 N–H and O–H groups in total. The largest absolute Gasteiger partial charge is 0.493 e. The fraction of sp³-hybridized carbons (Fsp3) is 0.115. The summed E-state index contributed by atoms with van der Waals surface area (Å²) in [6.45, 7) is 1.81. The van der Waals surface area contributed by atoms with Gasteiger partial charge in [0.05, 0.1) is 17.8 Å². The van der Waals surface area contributed by atoms with Crippen molar-refractivity contribution in [3.63, 3.8) is 0 Å². The predicted octanol–water partition coefficient (Wildman–Crippen LogP) is 5.69. The zero-order valence-corrected chi connectivity index (χ0v) is 20.6. The Morgan fingerprint density at radius 3 is 2.44 bits per heavy atom. The monoisotopic (exact) mass is 528 g/mol. The standard InChI is InChI=1S/C26H19Cl2FN2O5/c1-14-3-6-17(27)12-21(14)31-25(33)19(24(32)30-26(31)34)9-16-10-20(28)23(22(11-16)35-2)36-13-15-4-7-18(29)8-5-15/h3-12H,13H2,1-2H3,(H,30,32,34)/b19-9+. The normalized spacial score (nSPS) is 14.8. The number of nitrogens with zero attached hydrogens (tertiary/aromatic N) is 1. The van der Waals surface area contributed by atoms with Crippen LogP contribution in [0, 0.1) is 12.7 Å². The second-order valence-electron chi connectivity index (χ2n) is 7.84. The quantitative estimate of drug-likeness (QED) is 0.328. The summed E-state index contributed by atoms with van der Waals surface area (Å²) < 4.78 is 24.3. The average molecular weight is 529 g/mol. The van der Waals surface area contributed by atoms with Gasteiger partial charge in [0.15, 0.2) is 11.5 Å². The first-order chi connectivity index (χ1) is 17.2. The number of methoxy groups -OCH3 is 1. The summed E-state index contributed by atoms with van der Waals surface area (Å²) in [5.41, 5.74) is 1.66. The van der Waals surface area contributed by atoms with E-state index in [1.807, 2.05) is 0 Å². The van der Waals surface area contributed by atoms with Crippen molar-refractivity contribution in [2.24, 2.45) is 0 Å². The second kappa shape index (κ2) is 10.4. The number of barbiturate groups is 1. The minimum atomic E-state index is -0.882. The number of carbonyl (C=O) groups excluding carboxylic acids is 3. The minimum absolute atomic E-state index is 0.105. The van der Waals surface area contributed by atoms with E-state index in [1.54, 1.807) is 31.2 Å². The highest BCUT2D eigenvalue weighted by Crippen LogP contribution is 2.38. The first-order valence-corrected chi connectivity index (χ1v) is 11.4. The summed E-state index contributed by atoms with van der Waals surface area (Å²) >= 11 is 12.5. The third-order valence-corrected chi connectivity index (χ3v) is 5.89. The van der Waals surface area contributed by atoms with Crippen LogP contribution in [-0.2, 0) is 16.2 Å². The molecule has 36 heavy (non-hydrogen) atoms. The molecule has 1 saturated heterocycles. The molecule has 0 saturated carbocycles. The molecule has 3 aromatic carbocycles. The van der Waals surface area contributed by atoms with Crippen molar-refractivity contribution in [3.8, 4) is 11.5 Å². The Morgan fingerprint density at radius 2 is 1.75 bits per heavy atom. The minimum Gasteiger partial charge on any atom is -0.493 e. The fourth-order valence-electron chi connectivity index (χ4n) is 3.57. The third-order valence-electron chi connectivity index (χ3n) is 5.37. The van der Waals surface area contributed by atoms with E-state index in [0.717, 1.165) is 4.90 Å². The van der Waals surface area contributed by atoms with Gasteiger partial charge in [-0.15, -0.1) is 0 Å². The van der Waals surface area contributed by atoms with Crippen molar-refractivity contribution in [2.45, 2.75) is 13.5 Å². The number of amides is 4. The molecule has 4 rings (SSSR count). The summed E-state index contributed by atoms with van der Waals surface area (Å²) in [5.74, 6) is -1.55. The molecule has 0 unspecified atom stereocenters. The molecule has 0 radical (unpaired) electrons. The van der Waals surface area contributed by atoms with E-state index in [1.165, 1.54) is 43.5 Å². The SMILES string of the molecule is COc1cc(/C=C2\C(=O)NC(=O)N(c3cc(Cl)ccc3C)C2=O)cc(Cl)c1OCc1ccc(F)cc1. The molecule has 0 spiro atoms. The number of anilines is 1. The number of urea groups is 1. The third kappa shape index (κ3) is 5.19. The maximum Gasteiger partial charge on any atom is 0.335 e. The van der Waals surface area contributed by atoms with Crippen molar-refractivity contribution in [3.05, 3.63) is 92.7 Å². The summed E-state index contributed by atoms with van der Waals surface area (Å²) in [4.78, 5) is 39.1. The van der Waals surface area contributed by atoms with Gasteiger partial charge in [0.1, 0.15) is 18.0 Å². The smallest absolute Gasteiger partial charge is 0.335 e. The number of halogens is 3. The molecule has 10 heteroatoms. The van der Waals surface area contributed by atoms with E-state index in [-0.39, 0.29) is 40.2 Å². The molecule has 0 bridgehead atoms. The van der Waals surface area contributed by atoms with Crippen LogP contribution in [0.1, 0.15) is 16.7 Å². The summed E-state index contributed by atoms with van der Waals surface area (Å²) in [6.07, 6.45) is 1.30. The van der Waals surface area contributed by atoms with Gasteiger partial charge in [0.25, 0.3) is 11.8 Å². The first kappa shape index (κ1) is 25.2. The Kier molecular flexibility index (Phi) is 7.28. The highest BCUT2D eigenvalue weighted by molar-refractivity contribution is 6.40. The number of rotatable bonds is 6. The lowest BCUT2D eigenvalue weighted by molar-refractivity contribution is -0.122. The molecule has 1 fully saturated rings. The molecule has 0 atom stereocenters. The average Bonchev–Trinajstić information content (AvgIpc) is 2.84. The van der Waals surface area contributed by atoms with Crippen LogP contribution in [0.4, 0.5) is 14.9 Å². The number of imide groups is 2. The number of nitrogens with one attached hydrogen (secondary N) is 1. The fourth-order valence-corrected chi connectivity index (χ4v) is 4.01. The lowest BCUT2D eigenvalue weighted by atomic mass is 10.1. The molecule has 1 aliphatic heterocycles. The predicted molar refractivity (Wildman–Crippen MR) is 134 cm³/mol. The molecular weight excluding hydrogens is 510 g/mol. The van der Waals surface area contributed by atoms with Gasteiger partial charge in [0, 0.05) is 5.02 Å². The molecule has 0 aromatic heterocycles. The molecule has 4 amide bonds. The zero-order valence-electron chi connectivity index (χ0n) is 19.1. The molecular formula is C26H19Cl2FN2O5. The number of benzene rings is 3. The van der Waals surface area contributed by atoms with Gasteiger partial charge in [-0.25, -0.2) is 14.1 Å². The van der Waals surface area contributed by atoms with Gasteiger partial charge in [-0.05, 0) is 66.1 Å². The summed E-state index contributed by atoms with van der Waals surface area (Å²) in [6, 6.07) is 12.7. The van der Waals surface area contributed by atoms with E-state index in [9.17, 15) is 18.8 Å². The molecule has 7 nitrogen and oxygen atoms in total. The van der Waals surface area contributed by atoms with Crippen molar-refractivity contribution in [2.75, 3.05) is 12.0 Å². The van der Waals surface area contributed by atoms with E-state index in [4.69, 9.17) is 32.7 Å². The van der Waals surface area contributed by atoms with Crippen LogP contribution < -0.4 is 19.7 Å². The van der Waals surface area contributed by atoms with Crippen LogP contribution in [0.15, 0.2) is 60.2 Å². The Hall–Kier alpha value is -3.88. The first-order valence-electron chi connectivity index (χ1n) is 10.6. The summed E-state index contributed by atoms with van der Waals surface area (Å²) in [5, 5.41) is 2.66. The van der Waals surface area contributed by atoms with Crippen molar-refractivity contribution >= 4 is 52.8 Å². The Bertz CT molecular complexity index is 1410. The van der Waals surface area contributed by atoms with Gasteiger partial charge < -0.3 is 9.47 Å². The van der Waals surface area contributed by atoms with E-state index in [2.05, 4.69) is 5.32 Å². The van der Waals surface area contributed by atoms with Crippen LogP contribution in [0.25, 0.3) is 6.08 Å². The number of carbonyl (C=O) groups is 3. The molecule has 1 heterocycles. The topological polar surface area (TPSA) is 84.9 Å². The Labute approximate surface area is 216 Å². The van der Waals surface area contributed by atoms with Crippen LogP contribution in [0.2, 0.25) is 10.0 Å². The second-order valence-corrected chi connectivity index (χ2v) is 8.68. The van der Waals surface area contributed by atoms with Crippen molar-refractivity contribution < 1.29 is 28.2 Å². The Morgan fingerprint density at radius 1 is 1.03 bits per heavy atom. The van der Waals surface area contributed by atoms with Gasteiger partial charge in [0.2, 0.25) is 0 Å². The van der Waals surface area contributed by atoms with Gasteiger partial charge in [-0.1, -0.05) is 41.4 Å². The Balaban J connectivity index is 1.66. The zero-order chi connectivity index (χ0) is 26.0. The van der Waals surface area contributed by atoms with Crippen molar-refractivity contribution in [1.82, 2.24) is 5.32 Å². The molecule has 3 aromatic rings. The molecule has 1 aliphatic rings. The van der Waals surface area contributed by atoms with Crippen LogP contribution >= 0.6 is 23.2 Å².